The van der Waals surface area contributed by atoms with Crippen LogP contribution in [-0.2, 0) is 11.3 Å². The van der Waals surface area contributed by atoms with Crippen LogP contribution in [0.4, 0.5) is 5.69 Å². The molecule has 0 aromatic carbocycles. The molecular weight excluding hydrogens is 266 g/mol. The van der Waals surface area contributed by atoms with Gasteiger partial charge in [-0.3, -0.25) is 9.59 Å². The molecule has 2 aliphatic rings. The Morgan fingerprint density at radius 2 is 1.95 bits per heavy atom. The molecule has 3 rings (SSSR count). The topological polar surface area (TPSA) is 68.3 Å². The molecule has 5 heteroatoms. The predicted octanol–water partition coefficient (Wildman–Crippen LogP) is 1.61. The normalized spacial score (nSPS) is 22.9. The van der Waals surface area contributed by atoms with Crippen molar-refractivity contribution < 1.29 is 4.79 Å². The van der Waals surface area contributed by atoms with E-state index < -0.39 is 0 Å². The summed E-state index contributed by atoms with van der Waals surface area (Å²) in [7, 11) is 0. The van der Waals surface area contributed by atoms with Crippen LogP contribution in [-0.4, -0.2) is 28.0 Å². The molecule has 2 N–H and O–H groups in total. The number of anilines is 1. The summed E-state index contributed by atoms with van der Waals surface area (Å²) >= 11 is 0. The van der Waals surface area contributed by atoms with Gasteiger partial charge in [-0.05, 0) is 37.7 Å². The molecule has 5 nitrogen and oxygen atoms in total. The van der Waals surface area contributed by atoms with Crippen molar-refractivity contribution in [3.05, 3.63) is 28.7 Å². The summed E-state index contributed by atoms with van der Waals surface area (Å²) in [5.41, 5.74) is 6.04. The van der Waals surface area contributed by atoms with E-state index in [1.165, 1.54) is 36.3 Å². The molecule has 21 heavy (non-hydrogen) atoms. The van der Waals surface area contributed by atoms with Crippen LogP contribution in [0.25, 0.3) is 0 Å². The Balaban J connectivity index is 1.72. The molecule has 1 aromatic heterocycles. The lowest BCUT2D eigenvalue weighted by atomic mass is 9.96. The summed E-state index contributed by atoms with van der Waals surface area (Å²) in [4.78, 5) is 26.4. The van der Waals surface area contributed by atoms with Crippen LogP contribution in [0.15, 0.2) is 23.1 Å². The van der Waals surface area contributed by atoms with E-state index in [2.05, 4.69) is 0 Å². The Bertz CT molecular complexity index is 575. The van der Waals surface area contributed by atoms with E-state index in [4.69, 9.17) is 5.73 Å². The fourth-order valence-electron chi connectivity index (χ4n) is 3.84. The maximum Gasteiger partial charge on any atom is 0.251 e. The van der Waals surface area contributed by atoms with Gasteiger partial charge in [-0.25, -0.2) is 0 Å². The highest BCUT2D eigenvalue weighted by atomic mass is 16.2. The van der Waals surface area contributed by atoms with Gasteiger partial charge in [-0.2, -0.15) is 0 Å². The number of hydrogen-bond donors (Lipinski definition) is 1. The van der Waals surface area contributed by atoms with Crippen LogP contribution in [0.5, 0.6) is 0 Å². The molecule has 1 atom stereocenters. The smallest absolute Gasteiger partial charge is 0.251 e. The summed E-state index contributed by atoms with van der Waals surface area (Å²) < 4.78 is 1.42. The van der Waals surface area contributed by atoms with Crippen molar-refractivity contribution in [2.24, 2.45) is 5.92 Å². The first-order valence-corrected chi connectivity index (χ1v) is 7.90. The molecule has 2 heterocycles. The summed E-state index contributed by atoms with van der Waals surface area (Å²) in [5, 5.41) is 0. The second-order valence-corrected chi connectivity index (χ2v) is 6.27. The summed E-state index contributed by atoms with van der Waals surface area (Å²) in [5.74, 6) is 0.714. The molecule has 1 saturated heterocycles. The number of nitrogens with zero attached hydrogens (tertiary/aromatic N) is 2. The van der Waals surface area contributed by atoms with Crippen LogP contribution in [0, 0.1) is 5.92 Å². The zero-order chi connectivity index (χ0) is 14.8. The van der Waals surface area contributed by atoms with Gasteiger partial charge in [0.15, 0.2) is 0 Å². The summed E-state index contributed by atoms with van der Waals surface area (Å²) in [6.07, 6.45) is 8.82. The highest BCUT2D eigenvalue weighted by Crippen LogP contribution is 2.35. The lowest BCUT2D eigenvalue weighted by Gasteiger charge is -2.29. The number of carbonyl (C=O) groups excluding carboxylic acids is 1. The summed E-state index contributed by atoms with van der Waals surface area (Å²) in [6.45, 7) is 0.935. The maximum atomic E-state index is 12.6. The van der Waals surface area contributed by atoms with Gasteiger partial charge in [-0.15, -0.1) is 0 Å². The Morgan fingerprint density at radius 3 is 2.71 bits per heavy atom. The Morgan fingerprint density at radius 1 is 1.19 bits per heavy atom. The Kier molecular flexibility index (Phi) is 3.99. The number of pyridine rings is 1. The molecule has 1 aliphatic heterocycles. The minimum atomic E-state index is -0.172. The number of aromatic nitrogens is 1. The second kappa shape index (κ2) is 5.92. The van der Waals surface area contributed by atoms with E-state index in [0.29, 0.717) is 17.6 Å². The SMILES string of the molecule is Nc1ccc(=O)n(CC(=O)N2CCCC2C2CCCC2)c1. The quantitative estimate of drug-likeness (QED) is 0.919. The molecule has 1 amide bonds. The Hall–Kier alpha value is -1.78. The third kappa shape index (κ3) is 2.96. The maximum absolute atomic E-state index is 12.6. The van der Waals surface area contributed by atoms with E-state index in [1.807, 2.05) is 4.90 Å². The van der Waals surface area contributed by atoms with Gasteiger partial charge in [0.25, 0.3) is 5.56 Å². The number of hydrogen-bond acceptors (Lipinski definition) is 3. The molecule has 1 unspecified atom stereocenters. The first kappa shape index (κ1) is 14.2. The van der Waals surface area contributed by atoms with Crippen LogP contribution in [0.1, 0.15) is 38.5 Å². The van der Waals surface area contributed by atoms with Gasteiger partial charge in [0.05, 0.1) is 0 Å². The van der Waals surface area contributed by atoms with Gasteiger partial charge in [0.1, 0.15) is 6.54 Å². The van der Waals surface area contributed by atoms with E-state index in [-0.39, 0.29) is 18.0 Å². The highest BCUT2D eigenvalue weighted by molar-refractivity contribution is 5.76. The number of rotatable bonds is 3. The molecule has 114 valence electrons. The van der Waals surface area contributed by atoms with Crippen molar-refractivity contribution in [2.75, 3.05) is 12.3 Å². The minimum absolute atomic E-state index is 0.0529. The standard InChI is InChI=1S/C16H23N3O2/c17-13-7-8-15(20)18(10-13)11-16(21)19-9-3-6-14(19)12-4-1-2-5-12/h7-8,10,12,14H,1-6,9,11,17H2. The number of likely N-dealkylation sites (tertiary alicyclic amines) is 1. The molecule has 1 aromatic rings. The van der Waals surface area contributed by atoms with Gasteiger partial charge in [-0.1, -0.05) is 12.8 Å². The van der Waals surface area contributed by atoms with Crippen molar-refractivity contribution in [3.8, 4) is 0 Å². The molecule has 0 radical (unpaired) electrons. The molecule has 1 saturated carbocycles. The van der Waals surface area contributed by atoms with Crippen LogP contribution in [0.2, 0.25) is 0 Å². The van der Waals surface area contributed by atoms with Gasteiger partial charge >= 0.3 is 0 Å². The van der Waals surface area contributed by atoms with E-state index >= 15 is 0 Å². The number of carbonyl (C=O) groups is 1. The van der Waals surface area contributed by atoms with E-state index in [0.717, 1.165) is 19.4 Å². The first-order chi connectivity index (χ1) is 10.1. The molecule has 1 aliphatic carbocycles. The van der Waals surface area contributed by atoms with Crippen molar-refractivity contribution in [3.63, 3.8) is 0 Å². The third-order valence-corrected chi connectivity index (χ3v) is 4.88. The molecular formula is C16H23N3O2. The van der Waals surface area contributed by atoms with Crippen LogP contribution < -0.4 is 11.3 Å². The minimum Gasteiger partial charge on any atom is -0.398 e. The van der Waals surface area contributed by atoms with E-state index in [1.54, 1.807) is 12.3 Å². The van der Waals surface area contributed by atoms with Crippen molar-refractivity contribution in [1.82, 2.24) is 9.47 Å². The zero-order valence-electron chi connectivity index (χ0n) is 12.3. The first-order valence-electron chi connectivity index (χ1n) is 7.90. The van der Waals surface area contributed by atoms with Gasteiger partial charge in [0.2, 0.25) is 5.91 Å². The fourth-order valence-corrected chi connectivity index (χ4v) is 3.84. The largest absolute Gasteiger partial charge is 0.398 e. The number of amides is 1. The van der Waals surface area contributed by atoms with Crippen molar-refractivity contribution in [2.45, 2.75) is 51.1 Å². The monoisotopic (exact) mass is 289 g/mol. The van der Waals surface area contributed by atoms with Gasteiger partial charge in [0, 0.05) is 30.5 Å². The van der Waals surface area contributed by atoms with E-state index in [9.17, 15) is 9.59 Å². The van der Waals surface area contributed by atoms with Crippen LogP contribution in [0.3, 0.4) is 0 Å². The lowest BCUT2D eigenvalue weighted by molar-refractivity contribution is -0.133. The second-order valence-electron chi connectivity index (χ2n) is 6.27. The number of nitrogens with two attached hydrogens (primary N) is 1. The predicted molar refractivity (Wildman–Crippen MR) is 81.8 cm³/mol. The highest BCUT2D eigenvalue weighted by Gasteiger charge is 2.35. The fraction of sp³-hybridized carbons (Fsp3) is 0.625. The molecule has 0 bridgehead atoms. The average molecular weight is 289 g/mol. The number of nitrogen functional groups attached to an aromatic ring is 1. The molecule has 0 spiro atoms. The average Bonchev–Trinajstić information content (AvgIpc) is 3.12. The van der Waals surface area contributed by atoms with Crippen molar-refractivity contribution in [1.29, 1.82) is 0 Å². The lowest BCUT2D eigenvalue weighted by Crippen LogP contribution is -2.42. The van der Waals surface area contributed by atoms with Gasteiger partial charge < -0.3 is 15.2 Å². The zero-order valence-corrected chi connectivity index (χ0v) is 12.3. The molecule has 2 fully saturated rings. The van der Waals surface area contributed by atoms with Crippen molar-refractivity contribution >= 4 is 11.6 Å². The summed E-state index contributed by atoms with van der Waals surface area (Å²) in [6, 6.07) is 3.37. The third-order valence-electron chi connectivity index (χ3n) is 4.88. The van der Waals surface area contributed by atoms with Crippen LogP contribution >= 0.6 is 0 Å². The Labute approximate surface area is 124 Å².